The molecule has 7 heteroatoms. The SMILES string of the molecule is COC(=O)c1ccc(Cl)c(Nc2nc(C)cc(Nc3ccccc3)n2)c1. The van der Waals surface area contributed by atoms with E-state index in [1.54, 1.807) is 18.2 Å². The maximum atomic E-state index is 11.7. The van der Waals surface area contributed by atoms with Crippen molar-refractivity contribution < 1.29 is 9.53 Å². The van der Waals surface area contributed by atoms with Crippen molar-refractivity contribution in [3.05, 3.63) is 70.9 Å². The summed E-state index contributed by atoms with van der Waals surface area (Å²) in [6.45, 7) is 1.87. The fourth-order valence-electron chi connectivity index (χ4n) is 2.34. The zero-order chi connectivity index (χ0) is 18.5. The van der Waals surface area contributed by atoms with E-state index >= 15 is 0 Å². The second kappa shape index (κ2) is 7.84. The lowest BCUT2D eigenvalue weighted by molar-refractivity contribution is 0.0601. The number of carbonyl (C=O) groups is 1. The van der Waals surface area contributed by atoms with Crippen LogP contribution in [0.4, 0.5) is 23.1 Å². The number of hydrogen-bond acceptors (Lipinski definition) is 6. The Morgan fingerprint density at radius 3 is 2.54 bits per heavy atom. The van der Waals surface area contributed by atoms with E-state index in [4.69, 9.17) is 16.3 Å². The monoisotopic (exact) mass is 368 g/mol. The highest BCUT2D eigenvalue weighted by Gasteiger charge is 2.11. The molecule has 26 heavy (non-hydrogen) atoms. The second-order valence-electron chi connectivity index (χ2n) is 5.52. The topological polar surface area (TPSA) is 76.1 Å². The number of halogens is 1. The Morgan fingerprint density at radius 1 is 1.04 bits per heavy atom. The fraction of sp³-hybridized carbons (Fsp3) is 0.105. The summed E-state index contributed by atoms with van der Waals surface area (Å²) >= 11 is 6.22. The molecule has 2 N–H and O–H groups in total. The van der Waals surface area contributed by atoms with Crippen LogP contribution in [0.5, 0.6) is 0 Å². The highest BCUT2D eigenvalue weighted by atomic mass is 35.5. The molecule has 1 aromatic heterocycles. The van der Waals surface area contributed by atoms with Crippen molar-refractivity contribution in [2.75, 3.05) is 17.7 Å². The predicted octanol–water partition coefficient (Wildman–Crippen LogP) is 4.71. The molecule has 1 heterocycles. The van der Waals surface area contributed by atoms with Gasteiger partial charge >= 0.3 is 5.97 Å². The number of rotatable bonds is 5. The minimum Gasteiger partial charge on any atom is -0.465 e. The van der Waals surface area contributed by atoms with Crippen LogP contribution in [0, 0.1) is 6.92 Å². The van der Waals surface area contributed by atoms with Gasteiger partial charge in [-0.25, -0.2) is 9.78 Å². The molecule has 0 atom stereocenters. The normalized spacial score (nSPS) is 10.3. The number of para-hydroxylation sites is 1. The Labute approximate surface area is 156 Å². The first-order valence-corrected chi connectivity index (χ1v) is 8.25. The molecular weight excluding hydrogens is 352 g/mol. The number of nitrogens with zero attached hydrogens (tertiary/aromatic N) is 2. The molecule has 3 aromatic rings. The zero-order valence-electron chi connectivity index (χ0n) is 14.3. The average Bonchev–Trinajstić information content (AvgIpc) is 2.63. The Kier molecular flexibility index (Phi) is 5.34. The van der Waals surface area contributed by atoms with Gasteiger partial charge in [0.05, 0.1) is 23.4 Å². The number of aromatic nitrogens is 2. The van der Waals surface area contributed by atoms with E-state index in [9.17, 15) is 4.79 Å². The Balaban J connectivity index is 1.87. The molecule has 0 spiro atoms. The van der Waals surface area contributed by atoms with Gasteiger partial charge in [0.25, 0.3) is 0 Å². The van der Waals surface area contributed by atoms with Gasteiger partial charge < -0.3 is 15.4 Å². The summed E-state index contributed by atoms with van der Waals surface area (Å²) in [5.41, 5.74) is 2.60. The minimum atomic E-state index is -0.443. The van der Waals surface area contributed by atoms with Crippen LogP contribution in [0.25, 0.3) is 0 Å². The average molecular weight is 369 g/mol. The predicted molar refractivity (Wildman–Crippen MR) is 103 cm³/mol. The zero-order valence-corrected chi connectivity index (χ0v) is 15.0. The van der Waals surface area contributed by atoms with E-state index in [-0.39, 0.29) is 0 Å². The summed E-state index contributed by atoms with van der Waals surface area (Å²) < 4.78 is 4.73. The van der Waals surface area contributed by atoms with Crippen LogP contribution in [0.2, 0.25) is 5.02 Å². The van der Waals surface area contributed by atoms with Crippen molar-refractivity contribution in [2.45, 2.75) is 6.92 Å². The first-order valence-electron chi connectivity index (χ1n) is 7.88. The molecule has 0 amide bonds. The van der Waals surface area contributed by atoms with Crippen molar-refractivity contribution in [1.29, 1.82) is 0 Å². The third kappa shape index (κ3) is 4.29. The lowest BCUT2D eigenvalue weighted by Crippen LogP contribution is -2.05. The number of anilines is 4. The first-order chi connectivity index (χ1) is 12.5. The van der Waals surface area contributed by atoms with Crippen molar-refractivity contribution in [2.24, 2.45) is 0 Å². The molecular formula is C19H17ClN4O2. The molecule has 0 fully saturated rings. The number of hydrogen-bond donors (Lipinski definition) is 2. The van der Waals surface area contributed by atoms with Gasteiger partial charge in [-0.05, 0) is 37.3 Å². The van der Waals surface area contributed by atoms with Gasteiger partial charge in [0.15, 0.2) is 0 Å². The third-order valence-corrected chi connectivity index (χ3v) is 3.86. The lowest BCUT2D eigenvalue weighted by atomic mass is 10.2. The highest BCUT2D eigenvalue weighted by Crippen LogP contribution is 2.26. The largest absolute Gasteiger partial charge is 0.465 e. The van der Waals surface area contributed by atoms with Crippen molar-refractivity contribution in [3.8, 4) is 0 Å². The summed E-state index contributed by atoms with van der Waals surface area (Å²) in [5.74, 6) is 0.570. The van der Waals surface area contributed by atoms with Crippen LogP contribution in [0.15, 0.2) is 54.6 Å². The van der Waals surface area contributed by atoms with E-state index in [0.29, 0.717) is 28.0 Å². The number of benzene rings is 2. The first kappa shape index (κ1) is 17.7. The summed E-state index contributed by atoms with van der Waals surface area (Å²) in [7, 11) is 1.33. The molecule has 2 aromatic carbocycles. The van der Waals surface area contributed by atoms with Crippen LogP contribution < -0.4 is 10.6 Å². The molecule has 0 unspecified atom stereocenters. The second-order valence-corrected chi connectivity index (χ2v) is 5.93. The Hall–Kier alpha value is -3.12. The lowest BCUT2D eigenvalue weighted by Gasteiger charge is -2.11. The summed E-state index contributed by atoms with van der Waals surface area (Å²) in [6, 6.07) is 16.4. The molecule has 0 aliphatic carbocycles. The number of nitrogens with one attached hydrogen (secondary N) is 2. The molecule has 0 saturated carbocycles. The highest BCUT2D eigenvalue weighted by molar-refractivity contribution is 6.33. The van der Waals surface area contributed by atoms with E-state index in [1.165, 1.54) is 7.11 Å². The number of aryl methyl sites for hydroxylation is 1. The molecule has 0 saturated heterocycles. The quantitative estimate of drug-likeness (QED) is 0.635. The van der Waals surface area contributed by atoms with Gasteiger partial charge in [0.2, 0.25) is 5.95 Å². The van der Waals surface area contributed by atoms with Gasteiger partial charge in [-0.1, -0.05) is 29.8 Å². The summed E-state index contributed by atoms with van der Waals surface area (Å²) in [5, 5.41) is 6.73. The van der Waals surface area contributed by atoms with E-state index in [1.807, 2.05) is 43.3 Å². The van der Waals surface area contributed by atoms with Gasteiger partial charge in [0, 0.05) is 17.4 Å². The van der Waals surface area contributed by atoms with Gasteiger partial charge in [-0.15, -0.1) is 0 Å². The van der Waals surface area contributed by atoms with Crippen molar-refractivity contribution in [3.63, 3.8) is 0 Å². The van der Waals surface area contributed by atoms with Crippen LogP contribution in [-0.4, -0.2) is 23.0 Å². The van der Waals surface area contributed by atoms with Crippen LogP contribution >= 0.6 is 11.6 Å². The molecule has 3 rings (SSSR count). The number of methoxy groups -OCH3 is 1. The van der Waals surface area contributed by atoms with Crippen LogP contribution in [-0.2, 0) is 4.74 Å². The molecule has 0 bridgehead atoms. The molecule has 6 nitrogen and oxygen atoms in total. The van der Waals surface area contributed by atoms with Gasteiger partial charge in [-0.2, -0.15) is 4.98 Å². The van der Waals surface area contributed by atoms with E-state index in [2.05, 4.69) is 20.6 Å². The summed E-state index contributed by atoms with van der Waals surface area (Å²) in [6.07, 6.45) is 0. The van der Waals surface area contributed by atoms with Gasteiger partial charge in [0.1, 0.15) is 5.82 Å². The van der Waals surface area contributed by atoms with Crippen molar-refractivity contribution in [1.82, 2.24) is 9.97 Å². The number of ether oxygens (including phenoxy) is 1. The number of carbonyl (C=O) groups excluding carboxylic acids is 1. The third-order valence-electron chi connectivity index (χ3n) is 3.53. The Bertz CT molecular complexity index is 932. The van der Waals surface area contributed by atoms with Crippen LogP contribution in [0.3, 0.4) is 0 Å². The molecule has 132 valence electrons. The van der Waals surface area contributed by atoms with E-state index < -0.39 is 5.97 Å². The number of esters is 1. The molecule has 0 aliphatic rings. The standard InChI is InChI=1S/C19H17ClN4O2/c1-12-10-17(22-14-6-4-3-5-7-14)24-19(21-12)23-16-11-13(18(25)26-2)8-9-15(16)20/h3-11H,1-2H3,(H2,21,22,23,24). The molecule has 0 aliphatic heterocycles. The summed E-state index contributed by atoms with van der Waals surface area (Å²) in [4.78, 5) is 20.5. The van der Waals surface area contributed by atoms with Gasteiger partial charge in [-0.3, -0.25) is 0 Å². The van der Waals surface area contributed by atoms with E-state index in [0.717, 1.165) is 11.4 Å². The van der Waals surface area contributed by atoms with Crippen molar-refractivity contribution >= 4 is 40.7 Å². The fourth-order valence-corrected chi connectivity index (χ4v) is 2.51. The minimum absolute atomic E-state index is 0.368. The maximum Gasteiger partial charge on any atom is 0.337 e. The Morgan fingerprint density at radius 2 is 1.81 bits per heavy atom. The molecule has 0 radical (unpaired) electrons. The van der Waals surface area contributed by atoms with Crippen LogP contribution in [0.1, 0.15) is 16.1 Å². The smallest absolute Gasteiger partial charge is 0.337 e. The maximum absolute atomic E-state index is 11.7.